The van der Waals surface area contributed by atoms with Crippen LogP contribution in [-0.4, -0.2) is 25.2 Å². The van der Waals surface area contributed by atoms with Crippen LogP contribution in [0.2, 0.25) is 0 Å². The minimum Gasteiger partial charge on any atom is -0.271 e. The Morgan fingerprint density at radius 2 is 2.05 bits per heavy atom. The van der Waals surface area contributed by atoms with Crippen molar-refractivity contribution in [1.29, 1.82) is 0 Å². The number of hydrogen-bond acceptors (Lipinski definition) is 4. The van der Waals surface area contributed by atoms with Gasteiger partial charge in [0.05, 0.1) is 12.2 Å². The van der Waals surface area contributed by atoms with Gasteiger partial charge < -0.3 is 0 Å². The van der Waals surface area contributed by atoms with Crippen molar-refractivity contribution in [1.82, 2.24) is 25.2 Å². The number of nitrogens with zero attached hydrogens (tertiary/aromatic N) is 4. The molecule has 0 aliphatic rings. The van der Waals surface area contributed by atoms with E-state index in [0.29, 0.717) is 11.0 Å². The van der Waals surface area contributed by atoms with E-state index >= 15 is 0 Å². The van der Waals surface area contributed by atoms with E-state index < -0.39 is 0 Å². The number of fused-ring (bicyclic) bond motifs is 1. The molecular formula is C14H15N5O. The van der Waals surface area contributed by atoms with Crippen molar-refractivity contribution in [2.45, 2.75) is 26.3 Å². The van der Waals surface area contributed by atoms with Crippen LogP contribution < -0.4 is 5.56 Å². The fraction of sp³-hybridized carbons (Fsp3) is 0.286. The van der Waals surface area contributed by atoms with E-state index in [0.717, 1.165) is 12.0 Å². The molecule has 0 unspecified atom stereocenters. The van der Waals surface area contributed by atoms with Crippen molar-refractivity contribution in [3.05, 3.63) is 51.9 Å². The van der Waals surface area contributed by atoms with E-state index in [-0.39, 0.29) is 11.6 Å². The molecule has 6 heteroatoms. The Bertz CT molecular complexity index is 787. The standard InChI is InChI=1S/C14H15N5O/c1-3-10-4-6-11(7-5-10)9(2)19-14(20)13-12(16-18-19)8-15-17-13/h4-9H,3H2,1-2H3,(H,15,17)/t9-/m0/s1. The molecule has 3 aromatic rings. The molecule has 0 bridgehead atoms. The molecule has 0 fully saturated rings. The molecule has 0 saturated carbocycles. The summed E-state index contributed by atoms with van der Waals surface area (Å²) in [5.74, 6) is 0. The number of benzene rings is 1. The summed E-state index contributed by atoms with van der Waals surface area (Å²) in [6.45, 7) is 4.04. The van der Waals surface area contributed by atoms with E-state index in [1.807, 2.05) is 19.1 Å². The lowest BCUT2D eigenvalue weighted by molar-refractivity contribution is 0.507. The Morgan fingerprint density at radius 1 is 1.30 bits per heavy atom. The summed E-state index contributed by atoms with van der Waals surface area (Å²) >= 11 is 0. The molecule has 3 rings (SSSR count). The lowest BCUT2D eigenvalue weighted by Gasteiger charge is -2.13. The summed E-state index contributed by atoms with van der Waals surface area (Å²) in [7, 11) is 0. The molecule has 6 nitrogen and oxygen atoms in total. The number of H-pyrrole nitrogens is 1. The first kappa shape index (κ1) is 12.5. The van der Waals surface area contributed by atoms with E-state index in [1.54, 1.807) is 0 Å². The van der Waals surface area contributed by atoms with Crippen LogP contribution in [0.4, 0.5) is 0 Å². The summed E-state index contributed by atoms with van der Waals surface area (Å²) in [5.41, 5.74) is 2.96. The van der Waals surface area contributed by atoms with Gasteiger partial charge in [-0.05, 0) is 24.5 Å². The van der Waals surface area contributed by atoms with Crippen LogP contribution in [0.15, 0.2) is 35.3 Å². The number of aromatic nitrogens is 5. The molecule has 20 heavy (non-hydrogen) atoms. The zero-order valence-electron chi connectivity index (χ0n) is 11.4. The summed E-state index contributed by atoms with van der Waals surface area (Å²) in [6, 6.07) is 8.01. The van der Waals surface area contributed by atoms with Crippen LogP contribution >= 0.6 is 0 Å². The minimum absolute atomic E-state index is 0.173. The second-order valence-corrected chi connectivity index (χ2v) is 4.74. The van der Waals surface area contributed by atoms with Crippen LogP contribution in [0.1, 0.15) is 31.0 Å². The van der Waals surface area contributed by atoms with Gasteiger partial charge in [0, 0.05) is 0 Å². The molecule has 0 amide bonds. The first-order valence-corrected chi connectivity index (χ1v) is 6.58. The molecule has 1 N–H and O–H groups in total. The van der Waals surface area contributed by atoms with Gasteiger partial charge in [0.25, 0.3) is 5.56 Å². The third-order valence-corrected chi connectivity index (χ3v) is 3.53. The average Bonchev–Trinajstić information content (AvgIpc) is 2.96. The quantitative estimate of drug-likeness (QED) is 0.785. The zero-order valence-corrected chi connectivity index (χ0v) is 11.4. The van der Waals surface area contributed by atoms with Crippen molar-refractivity contribution in [2.75, 3.05) is 0 Å². The molecule has 102 valence electrons. The Hall–Kier alpha value is -2.50. The van der Waals surface area contributed by atoms with Crippen LogP contribution in [0.25, 0.3) is 11.0 Å². The van der Waals surface area contributed by atoms with E-state index in [9.17, 15) is 4.79 Å². The van der Waals surface area contributed by atoms with Crippen LogP contribution in [0.5, 0.6) is 0 Å². The van der Waals surface area contributed by atoms with Crippen molar-refractivity contribution < 1.29 is 0 Å². The number of hydrogen-bond donors (Lipinski definition) is 1. The van der Waals surface area contributed by atoms with Gasteiger partial charge in [0.1, 0.15) is 5.52 Å². The Morgan fingerprint density at radius 3 is 2.75 bits per heavy atom. The van der Waals surface area contributed by atoms with Gasteiger partial charge in [-0.15, -0.1) is 5.10 Å². The normalized spacial score (nSPS) is 12.7. The van der Waals surface area contributed by atoms with Gasteiger partial charge in [-0.3, -0.25) is 9.89 Å². The third-order valence-electron chi connectivity index (χ3n) is 3.53. The molecular weight excluding hydrogens is 254 g/mol. The Labute approximate surface area is 115 Å². The highest BCUT2D eigenvalue weighted by molar-refractivity contribution is 5.70. The summed E-state index contributed by atoms with van der Waals surface area (Å²) < 4.78 is 1.38. The second-order valence-electron chi connectivity index (χ2n) is 4.74. The molecule has 2 heterocycles. The largest absolute Gasteiger partial charge is 0.296 e. The molecule has 0 spiro atoms. The first-order valence-electron chi connectivity index (χ1n) is 6.58. The fourth-order valence-electron chi connectivity index (χ4n) is 2.19. The van der Waals surface area contributed by atoms with Gasteiger partial charge in [-0.1, -0.05) is 36.4 Å². The number of nitrogens with one attached hydrogen (secondary N) is 1. The number of aromatic amines is 1. The molecule has 2 aromatic heterocycles. The van der Waals surface area contributed by atoms with Gasteiger partial charge in [0.2, 0.25) is 0 Å². The maximum Gasteiger partial charge on any atom is 0.296 e. The van der Waals surface area contributed by atoms with Crippen molar-refractivity contribution >= 4 is 11.0 Å². The fourth-order valence-corrected chi connectivity index (χ4v) is 2.19. The van der Waals surface area contributed by atoms with Crippen molar-refractivity contribution in [2.24, 2.45) is 0 Å². The number of aryl methyl sites for hydroxylation is 1. The van der Waals surface area contributed by atoms with Gasteiger partial charge in [0.15, 0.2) is 5.52 Å². The van der Waals surface area contributed by atoms with E-state index in [2.05, 4.69) is 39.6 Å². The smallest absolute Gasteiger partial charge is 0.271 e. The van der Waals surface area contributed by atoms with Gasteiger partial charge in [-0.2, -0.15) is 5.10 Å². The Balaban J connectivity index is 2.04. The van der Waals surface area contributed by atoms with Crippen molar-refractivity contribution in [3.8, 4) is 0 Å². The minimum atomic E-state index is -0.209. The molecule has 0 saturated heterocycles. The molecule has 1 atom stereocenters. The molecule has 0 radical (unpaired) electrons. The highest BCUT2D eigenvalue weighted by Gasteiger charge is 2.14. The second kappa shape index (κ2) is 4.88. The van der Waals surface area contributed by atoms with E-state index in [4.69, 9.17) is 0 Å². The maximum absolute atomic E-state index is 12.3. The topological polar surface area (TPSA) is 76.5 Å². The number of rotatable bonds is 3. The lowest BCUT2D eigenvalue weighted by Crippen LogP contribution is -2.27. The Kier molecular flexibility index (Phi) is 3.06. The summed E-state index contributed by atoms with van der Waals surface area (Å²) in [6.07, 6.45) is 2.49. The highest BCUT2D eigenvalue weighted by Crippen LogP contribution is 2.16. The zero-order chi connectivity index (χ0) is 14.1. The first-order chi connectivity index (χ1) is 9.70. The summed E-state index contributed by atoms with van der Waals surface area (Å²) in [4.78, 5) is 12.3. The van der Waals surface area contributed by atoms with Gasteiger partial charge in [-0.25, -0.2) is 4.68 Å². The highest BCUT2D eigenvalue weighted by atomic mass is 16.1. The molecule has 0 aliphatic heterocycles. The predicted octanol–water partition coefficient (Wildman–Crippen LogP) is 1.69. The van der Waals surface area contributed by atoms with E-state index in [1.165, 1.54) is 16.4 Å². The predicted molar refractivity (Wildman–Crippen MR) is 75.6 cm³/mol. The van der Waals surface area contributed by atoms with Crippen LogP contribution in [0.3, 0.4) is 0 Å². The third kappa shape index (κ3) is 1.99. The van der Waals surface area contributed by atoms with Crippen LogP contribution in [-0.2, 0) is 6.42 Å². The molecule has 0 aliphatic carbocycles. The molecule has 1 aromatic carbocycles. The summed E-state index contributed by atoms with van der Waals surface area (Å²) in [5, 5.41) is 14.5. The average molecular weight is 269 g/mol. The van der Waals surface area contributed by atoms with Crippen molar-refractivity contribution in [3.63, 3.8) is 0 Å². The van der Waals surface area contributed by atoms with Gasteiger partial charge >= 0.3 is 0 Å². The monoisotopic (exact) mass is 269 g/mol. The maximum atomic E-state index is 12.3. The lowest BCUT2D eigenvalue weighted by atomic mass is 10.1. The SMILES string of the molecule is CCc1ccc([C@H](C)n2nnc3cn[nH]c3c2=O)cc1. The van der Waals surface area contributed by atoms with Crippen LogP contribution in [0, 0.1) is 0 Å².